The maximum atomic E-state index is 13.3. The summed E-state index contributed by atoms with van der Waals surface area (Å²) in [7, 11) is 1.96. The van der Waals surface area contributed by atoms with Gasteiger partial charge in [-0.25, -0.2) is 4.39 Å². The van der Waals surface area contributed by atoms with E-state index in [9.17, 15) is 19.3 Å². The molecule has 0 bridgehead atoms. The number of nitro benzene ring substituents is 1. The summed E-state index contributed by atoms with van der Waals surface area (Å²) < 4.78 is 13.3. The molecule has 0 aliphatic carbocycles. The number of carbonyl (C=O) groups is 1. The second kappa shape index (κ2) is 5.96. The Morgan fingerprint density at radius 3 is 2.75 bits per heavy atom. The number of nitro groups is 1. The average molecular weight is 281 g/mol. The smallest absolute Gasteiger partial charge is 0.282 e. The molecule has 0 aromatic heterocycles. The molecule has 0 N–H and O–H groups in total. The zero-order valence-electron chi connectivity index (χ0n) is 11.2. The molecule has 0 spiro atoms. The largest absolute Gasteiger partial charge is 0.337 e. The molecule has 0 unspecified atom stereocenters. The first-order valence-corrected chi connectivity index (χ1v) is 6.41. The first-order chi connectivity index (χ1) is 9.49. The van der Waals surface area contributed by atoms with E-state index < -0.39 is 16.6 Å². The van der Waals surface area contributed by atoms with Crippen molar-refractivity contribution >= 4 is 11.6 Å². The van der Waals surface area contributed by atoms with Crippen LogP contribution < -0.4 is 0 Å². The van der Waals surface area contributed by atoms with E-state index in [1.165, 1.54) is 0 Å². The Bertz CT molecular complexity index is 536. The van der Waals surface area contributed by atoms with Crippen LogP contribution >= 0.6 is 0 Å². The van der Waals surface area contributed by atoms with Gasteiger partial charge in [0.15, 0.2) is 0 Å². The van der Waals surface area contributed by atoms with Crippen molar-refractivity contribution in [3.05, 3.63) is 39.7 Å². The summed E-state index contributed by atoms with van der Waals surface area (Å²) in [6, 6.07) is 2.96. The van der Waals surface area contributed by atoms with Crippen LogP contribution in [0.4, 0.5) is 10.1 Å². The highest BCUT2D eigenvalue weighted by molar-refractivity contribution is 5.98. The van der Waals surface area contributed by atoms with E-state index in [1.54, 1.807) is 4.90 Å². The number of hydrogen-bond acceptors (Lipinski definition) is 4. The molecule has 1 saturated heterocycles. The first-order valence-electron chi connectivity index (χ1n) is 6.41. The third-order valence-corrected chi connectivity index (χ3v) is 3.39. The van der Waals surface area contributed by atoms with Crippen molar-refractivity contribution in [2.24, 2.45) is 0 Å². The lowest BCUT2D eigenvalue weighted by Crippen LogP contribution is -2.34. The average Bonchev–Trinajstić information content (AvgIpc) is 2.62. The van der Waals surface area contributed by atoms with Gasteiger partial charge in [-0.1, -0.05) is 0 Å². The van der Waals surface area contributed by atoms with Gasteiger partial charge < -0.3 is 9.80 Å². The maximum absolute atomic E-state index is 13.3. The van der Waals surface area contributed by atoms with E-state index in [0.717, 1.165) is 31.2 Å². The monoisotopic (exact) mass is 281 g/mol. The molecular formula is C13H16FN3O3. The van der Waals surface area contributed by atoms with Crippen LogP contribution in [0.3, 0.4) is 0 Å². The predicted octanol–water partition coefficient (Wildman–Crippen LogP) is 1.51. The van der Waals surface area contributed by atoms with Gasteiger partial charge in [-0.2, -0.15) is 0 Å². The number of likely N-dealkylation sites (N-methyl/N-ethyl adjacent to an activating group) is 1. The normalized spacial score (nSPS) is 16.8. The molecule has 1 aliphatic heterocycles. The van der Waals surface area contributed by atoms with Gasteiger partial charge in [0.2, 0.25) is 0 Å². The van der Waals surface area contributed by atoms with Gasteiger partial charge in [-0.3, -0.25) is 14.9 Å². The standard InChI is InChI=1S/C13H16FN3O3/c1-15-5-2-6-16(8-7-15)13(18)11-9-10(14)3-4-12(11)17(19)20/h3-4,9H,2,5-8H2,1H3. The molecule has 0 atom stereocenters. The fourth-order valence-corrected chi connectivity index (χ4v) is 2.26. The molecule has 1 fully saturated rings. The highest BCUT2D eigenvalue weighted by Gasteiger charge is 2.26. The summed E-state index contributed by atoms with van der Waals surface area (Å²) in [5, 5.41) is 10.9. The van der Waals surface area contributed by atoms with Gasteiger partial charge in [0.25, 0.3) is 11.6 Å². The van der Waals surface area contributed by atoms with Crippen LogP contribution in [-0.4, -0.2) is 53.9 Å². The molecule has 1 aromatic carbocycles. The minimum Gasteiger partial charge on any atom is -0.337 e. The second-order valence-electron chi connectivity index (χ2n) is 4.87. The van der Waals surface area contributed by atoms with Crippen LogP contribution in [-0.2, 0) is 0 Å². The Morgan fingerprint density at radius 1 is 1.30 bits per heavy atom. The van der Waals surface area contributed by atoms with Crippen molar-refractivity contribution in [3.8, 4) is 0 Å². The number of amides is 1. The predicted molar refractivity (Wildman–Crippen MR) is 71.1 cm³/mol. The van der Waals surface area contributed by atoms with Crippen LogP contribution in [0.25, 0.3) is 0 Å². The minimum atomic E-state index is -0.656. The summed E-state index contributed by atoms with van der Waals surface area (Å²) in [5.74, 6) is -1.13. The SMILES string of the molecule is CN1CCCN(C(=O)c2cc(F)ccc2[N+](=O)[O-])CC1. The van der Waals surface area contributed by atoms with Gasteiger partial charge in [0.05, 0.1) is 4.92 Å². The number of carbonyl (C=O) groups excluding carboxylic acids is 1. The van der Waals surface area contributed by atoms with E-state index >= 15 is 0 Å². The van der Waals surface area contributed by atoms with Gasteiger partial charge in [0, 0.05) is 25.7 Å². The van der Waals surface area contributed by atoms with Crippen molar-refractivity contribution in [2.75, 3.05) is 33.2 Å². The number of halogens is 1. The van der Waals surface area contributed by atoms with Gasteiger partial charge in [0.1, 0.15) is 11.4 Å². The van der Waals surface area contributed by atoms with Crippen LogP contribution in [0, 0.1) is 15.9 Å². The molecule has 7 heteroatoms. The van der Waals surface area contributed by atoms with Crippen molar-refractivity contribution < 1.29 is 14.1 Å². The fraction of sp³-hybridized carbons (Fsp3) is 0.462. The Hall–Kier alpha value is -2.02. The number of benzene rings is 1. The Kier molecular flexibility index (Phi) is 4.29. The quantitative estimate of drug-likeness (QED) is 0.609. The zero-order chi connectivity index (χ0) is 14.7. The van der Waals surface area contributed by atoms with Crippen molar-refractivity contribution in [3.63, 3.8) is 0 Å². The lowest BCUT2D eigenvalue weighted by molar-refractivity contribution is -0.385. The van der Waals surface area contributed by atoms with Crippen LogP contribution in [0.15, 0.2) is 18.2 Å². The van der Waals surface area contributed by atoms with E-state index in [2.05, 4.69) is 4.90 Å². The second-order valence-corrected chi connectivity index (χ2v) is 4.87. The van der Waals surface area contributed by atoms with Gasteiger partial charge in [-0.15, -0.1) is 0 Å². The highest BCUT2D eigenvalue weighted by Crippen LogP contribution is 2.21. The lowest BCUT2D eigenvalue weighted by Gasteiger charge is -2.20. The van der Waals surface area contributed by atoms with E-state index in [4.69, 9.17) is 0 Å². The number of hydrogen-bond donors (Lipinski definition) is 0. The van der Waals surface area contributed by atoms with E-state index in [0.29, 0.717) is 19.6 Å². The Balaban J connectivity index is 2.28. The van der Waals surface area contributed by atoms with E-state index in [1.807, 2.05) is 7.05 Å². The van der Waals surface area contributed by atoms with Crippen LogP contribution in [0.2, 0.25) is 0 Å². The molecule has 1 aliphatic rings. The molecule has 0 radical (unpaired) electrons. The molecule has 6 nitrogen and oxygen atoms in total. The number of nitrogens with zero attached hydrogens (tertiary/aromatic N) is 3. The number of rotatable bonds is 2. The molecule has 20 heavy (non-hydrogen) atoms. The molecule has 1 amide bonds. The van der Waals surface area contributed by atoms with Gasteiger partial charge >= 0.3 is 0 Å². The van der Waals surface area contributed by atoms with E-state index in [-0.39, 0.29) is 11.3 Å². The molecule has 2 rings (SSSR count). The fourth-order valence-electron chi connectivity index (χ4n) is 2.26. The topological polar surface area (TPSA) is 66.7 Å². The third kappa shape index (κ3) is 3.11. The lowest BCUT2D eigenvalue weighted by atomic mass is 10.1. The molecule has 108 valence electrons. The third-order valence-electron chi connectivity index (χ3n) is 3.39. The Morgan fingerprint density at radius 2 is 2.05 bits per heavy atom. The highest BCUT2D eigenvalue weighted by atomic mass is 19.1. The van der Waals surface area contributed by atoms with Crippen LogP contribution in [0.5, 0.6) is 0 Å². The summed E-state index contributed by atoms with van der Waals surface area (Å²) in [6.07, 6.45) is 0.797. The Labute approximate surface area is 115 Å². The zero-order valence-corrected chi connectivity index (χ0v) is 11.2. The summed E-state index contributed by atoms with van der Waals surface area (Å²) in [4.78, 5) is 26.3. The summed E-state index contributed by atoms with van der Waals surface area (Å²) in [5.41, 5.74) is -0.534. The molecule has 1 heterocycles. The maximum Gasteiger partial charge on any atom is 0.282 e. The van der Waals surface area contributed by atoms with Crippen molar-refractivity contribution in [1.29, 1.82) is 0 Å². The van der Waals surface area contributed by atoms with Crippen molar-refractivity contribution in [1.82, 2.24) is 9.80 Å². The molecular weight excluding hydrogens is 265 g/mol. The first kappa shape index (κ1) is 14.4. The molecule has 1 aromatic rings. The molecule has 0 saturated carbocycles. The van der Waals surface area contributed by atoms with Crippen LogP contribution in [0.1, 0.15) is 16.8 Å². The summed E-state index contributed by atoms with van der Waals surface area (Å²) >= 11 is 0. The summed E-state index contributed by atoms with van der Waals surface area (Å²) in [6.45, 7) is 2.59. The van der Waals surface area contributed by atoms with Gasteiger partial charge in [-0.05, 0) is 32.1 Å². The van der Waals surface area contributed by atoms with Crippen molar-refractivity contribution in [2.45, 2.75) is 6.42 Å². The minimum absolute atomic E-state index is 0.181.